The normalized spacial score (nSPS) is 53.2. The lowest BCUT2D eigenvalue weighted by Crippen LogP contribution is -2.68. The van der Waals surface area contributed by atoms with Gasteiger partial charge in [0.05, 0.1) is 44.1 Å². The maximum atomic E-state index is 11.4. The van der Waals surface area contributed by atoms with E-state index in [4.69, 9.17) is 66.6 Å². The summed E-state index contributed by atoms with van der Waals surface area (Å²) in [6.07, 6.45) is -26.8. The first-order valence-corrected chi connectivity index (χ1v) is 17.2. The van der Waals surface area contributed by atoms with Gasteiger partial charge in [0.1, 0.15) is 79.4 Å². The summed E-state index contributed by atoms with van der Waals surface area (Å²) in [7, 11) is 0. The van der Waals surface area contributed by atoms with E-state index in [1.807, 2.05) is 0 Å². The van der Waals surface area contributed by atoms with E-state index in [2.05, 4.69) is 0 Å². The van der Waals surface area contributed by atoms with E-state index in [0.29, 0.717) is 0 Å². The third-order valence-electron chi connectivity index (χ3n) is 10.3. The van der Waals surface area contributed by atoms with E-state index < -0.39 is 161 Å². The molecule has 0 bridgehead atoms. The zero-order chi connectivity index (χ0) is 38.2. The maximum Gasteiger partial charge on any atom is 0.187 e. The molecule has 0 aromatic rings. The highest BCUT2D eigenvalue weighted by molar-refractivity contribution is 5.02. The molecule has 5 rings (SSSR count). The smallest absolute Gasteiger partial charge is 0.187 e. The van der Waals surface area contributed by atoms with Gasteiger partial charge >= 0.3 is 0 Å². The first kappa shape index (κ1) is 42.2. The summed E-state index contributed by atoms with van der Waals surface area (Å²) >= 11 is 0. The number of ether oxygens (including phenoxy) is 8. The van der Waals surface area contributed by atoms with Crippen LogP contribution in [-0.4, -0.2) is 218 Å². The van der Waals surface area contributed by atoms with Gasteiger partial charge in [-0.25, -0.2) is 0 Å². The van der Waals surface area contributed by atoms with Crippen molar-refractivity contribution in [3.63, 3.8) is 0 Å². The van der Waals surface area contributed by atoms with Crippen LogP contribution in [0.25, 0.3) is 0 Å². The van der Waals surface area contributed by atoms with Crippen molar-refractivity contribution in [3.8, 4) is 0 Å². The molecule has 23 unspecified atom stereocenters. The molecule has 20 N–H and O–H groups in total. The maximum absolute atomic E-state index is 11.4. The lowest BCUT2D eigenvalue weighted by Gasteiger charge is -2.47. The van der Waals surface area contributed by atoms with E-state index in [9.17, 15) is 51.1 Å². The Bertz CT molecular complexity index is 1120. The second-order valence-corrected chi connectivity index (χ2v) is 13.9. The minimum absolute atomic E-state index is 0.0262. The van der Waals surface area contributed by atoms with Crippen molar-refractivity contribution in [1.82, 2.24) is 0 Å². The highest BCUT2D eigenvalue weighted by Crippen LogP contribution is 2.35. The van der Waals surface area contributed by atoms with Crippen molar-refractivity contribution in [2.75, 3.05) is 26.4 Å². The lowest BCUT2D eigenvalue weighted by atomic mass is 9.84. The Morgan fingerprint density at radius 1 is 0.462 bits per heavy atom. The summed E-state index contributed by atoms with van der Waals surface area (Å²) in [5.74, 6) is 0. The van der Waals surface area contributed by atoms with Gasteiger partial charge in [-0.2, -0.15) is 0 Å². The lowest BCUT2D eigenvalue weighted by molar-refractivity contribution is -0.330. The van der Waals surface area contributed by atoms with E-state index >= 15 is 0 Å². The van der Waals surface area contributed by atoms with Crippen molar-refractivity contribution in [3.05, 3.63) is 0 Å². The first-order chi connectivity index (χ1) is 24.6. The third-order valence-corrected chi connectivity index (χ3v) is 10.3. The Morgan fingerprint density at radius 3 is 1.63 bits per heavy atom. The molecule has 23 nitrogen and oxygen atoms in total. The van der Waals surface area contributed by atoms with Crippen molar-refractivity contribution in [1.29, 1.82) is 0 Å². The highest BCUT2D eigenvalue weighted by atomic mass is 16.8. The molecule has 52 heavy (non-hydrogen) atoms. The Kier molecular flexibility index (Phi) is 14.5. The third kappa shape index (κ3) is 8.57. The van der Waals surface area contributed by atoms with Gasteiger partial charge < -0.3 is 118 Å². The number of hydrogen-bond donors (Lipinski definition) is 15. The van der Waals surface area contributed by atoms with Crippen LogP contribution in [0.5, 0.6) is 0 Å². The van der Waals surface area contributed by atoms with Gasteiger partial charge in [0.15, 0.2) is 25.2 Å². The van der Waals surface area contributed by atoms with Crippen LogP contribution in [0.4, 0.5) is 0 Å². The topological polar surface area (TPSA) is 406 Å². The molecule has 4 aliphatic heterocycles. The van der Waals surface area contributed by atoms with Gasteiger partial charge in [-0.05, 0) is 12.8 Å². The molecule has 304 valence electrons. The summed E-state index contributed by atoms with van der Waals surface area (Å²) in [5.41, 5.74) is 30.8. The SMILES string of the molecule is NCC1OC(OC2C(CO)OC(OC3C(O)C(N)CC(N)C3OC3OC(CO)C(O)CC3N)C2O)C(N)C(O)C1OC1C(CO)OC(O)C(O)C1O. The predicted octanol–water partition coefficient (Wildman–Crippen LogP) is -10.0. The number of aliphatic hydroxyl groups is 10. The molecule has 1 aliphatic carbocycles. The summed E-state index contributed by atoms with van der Waals surface area (Å²) in [6, 6.07) is -4.01. The summed E-state index contributed by atoms with van der Waals surface area (Å²) in [4.78, 5) is 0. The van der Waals surface area contributed by atoms with Gasteiger partial charge in [0.25, 0.3) is 0 Å². The highest BCUT2D eigenvalue weighted by Gasteiger charge is 2.55. The number of aliphatic hydroxyl groups excluding tert-OH is 10. The van der Waals surface area contributed by atoms with Crippen LogP contribution in [0.15, 0.2) is 0 Å². The van der Waals surface area contributed by atoms with Crippen LogP contribution < -0.4 is 28.7 Å². The fourth-order valence-corrected chi connectivity index (χ4v) is 7.24. The van der Waals surface area contributed by atoms with Crippen molar-refractivity contribution < 1.29 is 89.0 Å². The molecule has 0 aromatic heterocycles. The van der Waals surface area contributed by atoms with Crippen molar-refractivity contribution in [2.24, 2.45) is 28.7 Å². The van der Waals surface area contributed by atoms with Crippen LogP contribution in [0.2, 0.25) is 0 Å². The Morgan fingerprint density at radius 2 is 1.00 bits per heavy atom. The molecule has 5 aliphatic rings. The molecular weight excluding hydrogens is 706 g/mol. The van der Waals surface area contributed by atoms with Crippen LogP contribution in [0.3, 0.4) is 0 Å². The molecule has 4 heterocycles. The Hall–Kier alpha value is -0.920. The second-order valence-electron chi connectivity index (χ2n) is 13.9. The number of nitrogens with two attached hydrogens (primary N) is 5. The average molecular weight is 762 g/mol. The van der Waals surface area contributed by atoms with Gasteiger partial charge in [0, 0.05) is 18.6 Å². The van der Waals surface area contributed by atoms with Gasteiger partial charge in [-0.3, -0.25) is 0 Å². The molecule has 0 radical (unpaired) electrons. The molecular formula is C29H55N5O18. The Balaban J connectivity index is 1.27. The van der Waals surface area contributed by atoms with Crippen LogP contribution >= 0.6 is 0 Å². The van der Waals surface area contributed by atoms with Crippen molar-refractivity contribution >= 4 is 0 Å². The zero-order valence-corrected chi connectivity index (χ0v) is 28.1. The zero-order valence-electron chi connectivity index (χ0n) is 28.1. The van der Waals surface area contributed by atoms with Gasteiger partial charge in [0.2, 0.25) is 0 Å². The summed E-state index contributed by atoms with van der Waals surface area (Å²) < 4.78 is 46.3. The van der Waals surface area contributed by atoms with E-state index in [1.54, 1.807) is 0 Å². The molecule has 23 atom stereocenters. The van der Waals surface area contributed by atoms with E-state index in [1.165, 1.54) is 0 Å². The van der Waals surface area contributed by atoms with Gasteiger partial charge in [-0.1, -0.05) is 0 Å². The van der Waals surface area contributed by atoms with Gasteiger partial charge in [-0.15, -0.1) is 0 Å². The van der Waals surface area contributed by atoms with Crippen LogP contribution in [0.1, 0.15) is 12.8 Å². The minimum atomic E-state index is -1.82. The van der Waals surface area contributed by atoms with E-state index in [-0.39, 0.29) is 19.4 Å². The summed E-state index contributed by atoms with van der Waals surface area (Å²) in [6.45, 7) is -2.27. The fourth-order valence-electron chi connectivity index (χ4n) is 7.24. The molecule has 1 saturated carbocycles. The molecule has 0 aromatic carbocycles. The quantitative estimate of drug-likeness (QED) is 0.0877. The van der Waals surface area contributed by atoms with Crippen LogP contribution in [0, 0.1) is 0 Å². The largest absolute Gasteiger partial charge is 0.394 e. The molecule has 0 spiro atoms. The predicted molar refractivity (Wildman–Crippen MR) is 168 cm³/mol. The molecule has 4 saturated heterocycles. The first-order valence-electron chi connectivity index (χ1n) is 17.2. The average Bonchev–Trinajstić information content (AvgIpc) is 3.41. The molecule has 0 amide bonds. The monoisotopic (exact) mass is 761 g/mol. The summed E-state index contributed by atoms with van der Waals surface area (Å²) in [5, 5.41) is 104. The standard InChI is InChI=1S/C29H55N5O18/c30-3-11-22(49-23-13(5-36)45-26(44)19(42)18(23)41)17(40)15(34)28(46-11)51-24-14(6-37)48-29(20(24)43)52-25-16(39)7(31)1-8(32)21(25)50-27-9(33)2-10(38)12(4-35)47-27/h7-29,35-44H,1-6,30-34H2. The Labute approximate surface area is 297 Å². The minimum Gasteiger partial charge on any atom is -0.394 e. The number of rotatable bonds is 12. The molecule has 5 fully saturated rings. The number of hydrogen-bond acceptors (Lipinski definition) is 23. The second kappa shape index (κ2) is 17.9. The fraction of sp³-hybridized carbons (Fsp3) is 1.00. The molecule has 23 heteroatoms. The van der Waals surface area contributed by atoms with Crippen LogP contribution in [-0.2, 0) is 37.9 Å². The van der Waals surface area contributed by atoms with Crippen molar-refractivity contribution in [2.45, 2.75) is 154 Å². The van der Waals surface area contributed by atoms with E-state index in [0.717, 1.165) is 0 Å².